The summed E-state index contributed by atoms with van der Waals surface area (Å²) in [6.07, 6.45) is 3.39. The number of fused-ring (bicyclic) bond motifs is 1. The first-order valence-electron chi connectivity index (χ1n) is 9.50. The quantitative estimate of drug-likeness (QED) is 0.618. The van der Waals surface area contributed by atoms with Crippen LogP contribution in [0.3, 0.4) is 0 Å². The fraction of sp³-hybridized carbons (Fsp3) is 0.476. The van der Waals surface area contributed by atoms with E-state index in [1.54, 1.807) is 24.3 Å². The number of hydrogen-bond acceptors (Lipinski definition) is 4. The van der Waals surface area contributed by atoms with Crippen molar-refractivity contribution in [1.29, 1.82) is 0 Å². The molecular weight excluding hydrogens is 356 g/mol. The number of rotatable bonds is 4. The predicted molar refractivity (Wildman–Crippen MR) is 107 cm³/mol. The molecule has 0 radical (unpaired) electrons. The number of carbonyl (C=O) groups is 3. The van der Waals surface area contributed by atoms with Crippen molar-refractivity contribution in [3.63, 3.8) is 0 Å². The number of benzene rings is 1. The number of nitrogens with one attached hydrogen (secondary N) is 2. The van der Waals surface area contributed by atoms with Crippen LogP contribution < -0.4 is 10.7 Å². The summed E-state index contributed by atoms with van der Waals surface area (Å²) in [4.78, 5) is 39.7. The third-order valence-corrected chi connectivity index (χ3v) is 5.61. The molecule has 0 aromatic heterocycles. The molecule has 7 heteroatoms. The summed E-state index contributed by atoms with van der Waals surface area (Å²) in [5.41, 5.74) is 2.74. The summed E-state index contributed by atoms with van der Waals surface area (Å²) in [5, 5.41) is 3.72. The van der Waals surface area contributed by atoms with Crippen molar-refractivity contribution in [3.05, 3.63) is 48.0 Å². The summed E-state index contributed by atoms with van der Waals surface area (Å²) >= 11 is 0. The van der Waals surface area contributed by atoms with Gasteiger partial charge in [-0.25, -0.2) is 10.2 Å². The van der Waals surface area contributed by atoms with Crippen LogP contribution >= 0.6 is 0 Å². The van der Waals surface area contributed by atoms with Gasteiger partial charge in [0, 0.05) is 23.7 Å². The summed E-state index contributed by atoms with van der Waals surface area (Å²) in [5.74, 6) is -1.03. The first kappa shape index (κ1) is 20.1. The molecule has 2 aliphatic rings. The van der Waals surface area contributed by atoms with Gasteiger partial charge >= 0.3 is 6.03 Å². The standard InChI is InChI=1S/C21H28N4O3/c1-6-11-24-20(2,3)12-14(13-21(24,4)5)22-19(28)23-25-17(26)15-9-7-8-10-16(15)18(25)27/h6-10,14H,1,11-13H2,2-5H3,(H2,22,23,28). The lowest BCUT2D eigenvalue weighted by atomic mass is 9.77. The zero-order valence-corrected chi connectivity index (χ0v) is 16.9. The van der Waals surface area contributed by atoms with Crippen molar-refractivity contribution in [1.82, 2.24) is 20.7 Å². The van der Waals surface area contributed by atoms with E-state index in [0.717, 1.165) is 24.4 Å². The molecule has 7 nitrogen and oxygen atoms in total. The number of hydrazine groups is 1. The van der Waals surface area contributed by atoms with Crippen molar-refractivity contribution in [2.75, 3.05) is 6.54 Å². The Morgan fingerprint density at radius 2 is 1.61 bits per heavy atom. The van der Waals surface area contributed by atoms with E-state index in [0.29, 0.717) is 11.1 Å². The summed E-state index contributed by atoms with van der Waals surface area (Å²) in [7, 11) is 0. The van der Waals surface area contributed by atoms with Crippen LogP contribution in [0.25, 0.3) is 0 Å². The highest BCUT2D eigenvalue weighted by atomic mass is 16.2. The topological polar surface area (TPSA) is 81.8 Å². The van der Waals surface area contributed by atoms with Crippen LogP contribution in [0, 0.1) is 0 Å². The molecule has 2 N–H and O–H groups in total. The normalized spacial score (nSPS) is 21.4. The van der Waals surface area contributed by atoms with Crippen LogP contribution in [0.5, 0.6) is 0 Å². The summed E-state index contributed by atoms with van der Waals surface area (Å²) in [6, 6.07) is 5.90. The number of piperidine rings is 1. The maximum Gasteiger partial charge on any atom is 0.334 e. The van der Waals surface area contributed by atoms with Crippen molar-refractivity contribution >= 4 is 17.8 Å². The Kier molecular flexibility index (Phi) is 5.06. The molecule has 2 aliphatic heterocycles. The molecule has 0 spiro atoms. The largest absolute Gasteiger partial charge is 0.334 e. The van der Waals surface area contributed by atoms with Crippen molar-refractivity contribution in [2.45, 2.75) is 57.7 Å². The third-order valence-electron chi connectivity index (χ3n) is 5.61. The number of carbonyl (C=O) groups excluding carboxylic acids is 3. The van der Waals surface area contributed by atoms with Gasteiger partial charge in [0.2, 0.25) is 0 Å². The van der Waals surface area contributed by atoms with Gasteiger partial charge in [-0.3, -0.25) is 14.5 Å². The van der Waals surface area contributed by atoms with E-state index in [2.05, 4.69) is 49.9 Å². The Morgan fingerprint density at radius 3 is 2.07 bits per heavy atom. The van der Waals surface area contributed by atoms with Crippen LogP contribution in [-0.4, -0.2) is 51.4 Å². The Bertz CT molecular complexity index is 778. The highest BCUT2D eigenvalue weighted by Crippen LogP contribution is 2.38. The van der Waals surface area contributed by atoms with Crippen molar-refractivity contribution in [3.8, 4) is 0 Å². The Balaban J connectivity index is 1.67. The Morgan fingerprint density at radius 1 is 1.11 bits per heavy atom. The first-order valence-corrected chi connectivity index (χ1v) is 9.50. The van der Waals surface area contributed by atoms with Crippen molar-refractivity contribution < 1.29 is 14.4 Å². The van der Waals surface area contributed by atoms with E-state index in [4.69, 9.17) is 0 Å². The zero-order valence-electron chi connectivity index (χ0n) is 16.9. The lowest BCUT2D eigenvalue weighted by Crippen LogP contribution is -2.65. The molecule has 0 atom stereocenters. The number of nitrogens with zero attached hydrogens (tertiary/aromatic N) is 2. The van der Waals surface area contributed by atoms with Gasteiger partial charge in [-0.2, -0.15) is 5.01 Å². The second-order valence-corrected chi connectivity index (χ2v) is 8.71. The second-order valence-electron chi connectivity index (χ2n) is 8.71. The van der Waals surface area contributed by atoms with Gasteiger partial charge < -0.3 is 5.32 Å². The number of imide groups is 1. The molecule has 0 aliphatic carbocycles. The molecule has 1 aromatic rings. The molecule has 2 heterocycles. The minimum atomic E-state index is -0.553. The highest BCUT2D eigenvalue weighted by Gasteiger charge is 2.45. The average Bonchev–Trinajstić information content (AvgIpc) is 2.83. The minimum Gasteiger partial charge on any atom is -0.334 e. The van der Waals surface area contributed by atoms with Crippen LogP contribution in [0.15, 0.2) is 36.9 Å². The minimum absolute atomic E-state index is 0.0822. The maximum atomic E-state index is 12.5. The van der Waals surface area contributed by atoms with Crippen LogP contribution in [0.1, 0.15) is 61.3 Å². The van der Waals surface area contributed by atoms with E-state index in [9.17, 15) is 14.4 Å². The lowest BCUT2D eigenvalue weighted by molar-refractivity contribution is -0.0292. The van der Waals surface area contributed by atoms with Gasteiger partial charge in [0.1, 0.15) is 0 Å². The van der Waals surface area contributed by atoms with Crippen LogP contribution in [0.4, 0.5) is 4.79 Å². The van der Waals surface area contributed by atoms with Gasteiger partial charge in [-0.1, -0.05) is 18.2 Å². The van der Waals surface area contributed by atoms with Crippen LogP contribution in [-0.2, 0) is 0 Å². The van der Waals surface area contributed by atoms with Gasteiger partial charge in [-0.05, 0) is 52.7 Å². The van der Waals surface area contributed by atoms with E-state index in [1.807, 2.05) is 6.08 Å². The molecule has 1 fully saturated rings. The number of amides is 4. The molecule has 0 saturated carbocycles. The SMILES string of the molecule is C=CCN1C(C)(C)CC(NC(=O)NN2C(=O)c3ccccc3C2=O)CC1(C)C. The van der Waals surface area contributed by atoms with E-state index in [-0.39, 0.29) is 17.1 Å². The molecule has 3 rings (SSSR count). The van der Waals surface area contributed by atoms with Crippen LogP contribution in [0.2, 0.25) is 0 Å². The van der Waals surface area contributed by atoms with E-state index in [1.165, 1.54) is 0 Å². The number of hydrogen-bond donors (Lipinski definition) is 2. The molecule has 150 valence electrons. The van der Waals surface area contributed by atoms with E-state index < -0.39 is 17.8 Å². The predicted octanol–water partition coefficient (Wildman–Crippen LogP) is 2.70. The Labute approximate surface area is 165 Å². The monoisotopic (exact) mass is 384 g/mol. The highest BCUT2D eigenvalue weighted by molar-refractivity contribution is 6.21. The summed E-state index contributed by atoms with van der Waals surface area (Å²) in [6.45, 7) is 13.2. The lowest BCUT2D eigenvalue weighted by Gasteiger charge is -2.55. The number of urea groups is 1. The molecular formula is C21H28N4O3. The Hall–Kier alpha value is -2.67. The van der Waals surface area contributed by atoms with Gasteiger partial charge in [-0.15, -0.1) is 6.58 Å². The molecule has 1 saturated heterocycles. The summed E-state index contributed by atoms with van der Waals surface area (Å²) < 4.78 is 0. The molecule has 0 unspecified atom stereocenters. The molecule has 1 aromatic carbocycles. The fourth-order valence-electron chi connectivity index (χ4n) is 4.65. The maximum absolute atomic E-state index is 12.5. The van der Waals surface area contributed by atoms with Gasteiger partial charge in [0.05, 0.1) is 11.1 Å². The second kappa shape index (κ2) is 7.05. The smallest absolute Gasteiger partial charge is 0.334 e. The van der Waals surface area contributed by atoms with Gasteiger partial charge in [0.25, 0.3) is 11.8 Å². The molecule has 0 bridgehead atoms. The average molecular weight is 384 g/mol. The third kappa shape index (κ3) is 3.54. The zero-order chi connectivity index (χ0) is 20.7. The van der Waals surface area contributed by atoms with Gasteiger partial charge in [0.15, 0.2) is 0 Å². The first-order chi connectivity index (χ1) is 13.1. The molecule has 4 amide bonds. The number of likely N-dealkylation sites (tertiary alicyclic amines) is 1. The van der Waals surface area contributed by atoms with Crippen molar-refractivity contribution in [2.24, 2.45) is 0 Å². The van der Waals surface area contributed by atoms with E-state index >= 15 is 0 Å². The fourth-order valence-corrected chi connectivity index (χ4v) is 4.65. The molecule has 28 heavy (non-hydrogen) atoms.